The maximum absolute atomic E-state index is 12.7. The van der Waals surface area contributed by atoms with Crippen LogP contribution < -0.4 is 11.1 Å². The van der Waals surface area contributed by atoms with Gasteiger partial charge >= 0.3 is 6.03 Å². The van der Waals surface area contributed by atoms with Crippen LogP contribution in [0.15, 0.2) is 0 Å². The number of amides is 3. The first-order valence-corrected chi connectivity index (χ1v) is 7.46. The van der Waals surface area contributed by atoms with E-state index in [4.69, 9.17) is 10.5 Å². The molecule has 2 rings (SSSR count). The van der Waals surface area contributed by atoms with Crippen LogP contribution >= 0.6 is 0 Å². The minimum Gasteiger partial charge on any atom is -0.378 e. The Balaban J connectivity index is 2.07. The van der Waals surface area contributed by atoms with Crippen LogP contribution in [0.3, 0.4) is 0 Å². The van der Waals surface area contributed by atoms with Crippen molar-refractivity contribution < 1.29 is 14.3 Å². The summed E-state index contributed by atoms with van der Waals surface area (Å²) < 4.78 is 5.27. The third-order valence-corrected chi connectivity index (χ3v) is 4.71. The summed E-state index contributed by atoms with van der Waals surface area (Å²) in [4.78, 5) is 26.2. The molecule has 114 valence electrons. The summed E-state index contributed by atoms with van der Waals surface area (Å²) in [6.45, 7) is 5.64. The molecule has 0 aromatic rings. The first kappa shape index (κ1) is 15.3. The fraction of sp³-hybridized carbons (Fsp3) is 0.857. The number of nitrogens with zero attached hydrogens (tertiary/aromatic N) is 1. The van der Waals surface area contributed by atoms with Gasteiger partial charge in [-0.1, -0.05) is 20.3 Å². The van der Waals surface area contributed by atoms with Gasteiger partial charge in [-0.25, -0.2) is 4.79 Å². The number of carbonyl (C=O) groups is 2. The van der Waals surface area contributed by atoms with Gasteiger partial charge < -0.3 is 15.8 Å². The monoisotopic (exact) mass is 283 g/mol. The van der Waals surface area contributed by atoms with Gasteiger partial charge in [0.15, 0.2) is 0 Å². The van der Waals surface area contributed by atoms with Gasteiger partial charge in [-0.05, 0) is 24.7 Å². The van der Waals surface area contributed by atoms with Gasteiger partial charge in [-0.3, -0.25) is 9.69 Å². The van der Waals surface area contributed by atoms with E-state index in [1.807, 2.05) is 0 Å². The first-order chi connectivity index (χ1) is 9.54. The Morgan fingerprint density at radius 2 is 1.95 bits per heavy atom. The van der Waals surface area contributed by atoms with E-state index in [-0.39, 0.29) is 23.8 Å². The maximum Gasteiger partial charge on any atom is 0.325 e. The lowest BCUT2D eigenvalue weighted by atomic mass is 9.67. The fourth-order valence-electron chi connectivity index (χ4n) is 3.50. The summed E-state index contributed by atoms with van der Waals surface area (Å²) in [7, 11) is 0. The summed E-state index contributed by atoms with van der Waals surface area (Å²) >= 11 is 0. The van der Waals surface area contributed by atoms with Crippen LogP contribution in [0.25, 0.3) is 0 Å². The van der Waals surface area contributed by atoms with Crippen molar-refractivity contribution in [3.8, 4) is 0 Å². The van der Waals surface area contributed by atoms with E-state index in [9.17, 15) is 9.59 Å². The summed E-state index contributed by atoms with van der Waals surface area (Å²) in [5, 5.41) is 2.97. The molecule has 6 nitrogen and oxygen atoms in total. The molecule has 3 N–H and O–H groups in total. The second kappa shape index (κ2) is 6.10. The van der Waals surface area contributed by atoms with Crippen LogP contribution in [0.5, 0.6) is 0 Å². The summed E-state index contributed by atoms with van der Waals surface area (Å²) in [5.74, 6) is 0.272. The Kier molecular flexibility index (Phi) is 4.65. The molecule has 1 spiro atoms. The van der Waals surface area contributed by atoms with Crippen molar-refractivity contribution in [3.63, 3.8) is 0 Å². The SMILES string of the molecule is CC1CCCC(C)C12NC(=O)N(CCOCCN)C2=O. The number of imide groups is 1. The van der Waals surface area contributed by atoms with Gasteiger partial charge in [0.25, 0.3) is 5.91 Å². The number of nitrogens with two attached hydrogens (primary N) is 1. The van der Waals surface area contributed by atoms with Gasteiger partial charge in [0.1, 0.15) is 5.54 Å². The second-order valence-electron chi connectivity index (χ2n) is 5.89. The number of urea groups is 1. The molecule has 1 saturated heterocycles. The Morgan fingerprint density at radius 3 is 2.55 bits per heavy atom. The fourth-order valence-corrected chi connectivity index (χ4v) is 3.50. The van der Waals surface area contributed by atoms with Crippen molar-refractivity contribution in [1.82, 2.24) is 10.2 Å². The zero-order valence-corrected chi connectivity index (χ0v) is 12.4. The number of hydrogen-bond donors (Lipinski definition) is 2. The summed E-state index contributed by atoms with van der Waals surface area (Å²) in [6.07, 6.45) is 3.08. The van der Waals surface area contributed by atoms with Crippen molar-refractivity contribution >= 4 is 11.9 Å². The van der Waals surface area contributed by atoms with Gasteiger partial charge in [0.05, 0.1) is 19.8 Å². The van der Waals surface area contributed by atoms with E-state index >= 15 is 0 Å². The summed E-state index contributed by atoms with van der Waals surface area (Å²) in [5.41, 5.74) is 4.64. The van der Waals surface area contributed by atoms with E-state index in [0.717, 1.165) is 19.3 Å². The minimum atomic E-state index is -0.705. The molecule has 1 aliphatic carbocycles. The number of hydrogen-bond acceptors (Lipinski definition) is 4. The lowest BCUT2D eigenvalue weighted by Gasteiger charge is -2.42. The van der Waals surface area contributed by atoms with Crippen molar-refractivity contribution in [2.24, 2.45) is 17.6 Å². The predicted octanol–water partition coefficient (Wildman–Crippen LogP) is 0.708. The highest BCUT2D eigenvalue weighted by Crippen LogP contribution is 2.41. The Hall–Kier alpha value is -1.14. The maximum atomic E-state index is 12.7. The molecule has 2 fully saturated rings. The molecule has 2 aliphatic rings. The standard InChI is InChI=1S/C14H25N3O3/c1-10-4-3-5-11(2)14(10)12(18)17(13(19)16-14)7-9-20-8-6-15/h10-11H,3-9,15H2,1-2H3,(H,16,19). The Morgan fingerprint density at radius 1 is 1.30 bits per heavy atom. The van der Waals surface area contributed by atoms with E-state index in [1.165, 1.54) is 4.90 Å². The topological polar surface area (TPSA) is 84.7 Å². The minimum absolute atomic E-state index is 0.0847. The molecule has 2 unspecified atom stereocenters. The second-order valence-corrected chi connectivity index (χ2v) is 5.89. The van der Waals surface area contributed by atoms with Crippen LogP contribution in [0.2, 0.25) is 0 Å². The quantitative estimate of drug-likeness (QED) is 0.575. The Bertz CT molecular complexity index is 376. The molecule has 0 aromatic carbocycles. The molecule has 0 radical (unpaired) electrons. The van der Waals surface area contributed by atoms with E-state index < -0.39 is 5.54 Å². The molecule has 0 bridgehead atoms. The third-order valence-electron chi connectivity index (χ3n) is 4.71. The molecular formula is C14H25N3O3. The van der Waals surface area contributed by atoms with Crippen LogP contribution in [-0.4, -0.2) is 48.7 Å². The lowest BCUT2D eigenvalue weighted by Crippen LogP contribution is -2.58. The average molecular weight is 283 g/mol. The molecule has 0 aromatic heterocycles. The molecule has 3 amide bonds. The number of nitrogens with one attached hydrogen (secondary N) is 1. The molecular weight excluding hydrogens is 258 g/mol. The van der Waals surface area contributed by atoms with Crippen LogP contribution in [-0.2, 0) is 9.53 Å². The van der Waals surface area contributed by atoms with Crippen molar-refractivity contribution in [2.75, 3.05) is 26.3 Å². The number of carbonyl (C=O) groups excluding carboxylic acids is 2. The van der Waals surface area contributed by atoms with Gasteiger partial charge in [0.2, 0.25) is 0 Å². The van der Waals surface area contributed by atoms with E-state index in [0.29, 0.717) is 26.3 Å². The molecule has 20 heavy (non-hydrogen) atoms. The summed E-state index contributed by atoms with van der Waals surface area (Å²) in [6, 6.07) is -0.285. The van der Waals surface area contributed by atoms with Crippen LogP contribution in [0.4, 0.5) is 4.79 Å². The van der Waals surface area contributed by atoms with E-state index in [2.05, 4.69) is 19.2 Å². The highest BCUT2D eigenvalue weighted by molar-refractivity contribution is 6.07. The van der Waals surface area contributed by atoms with Crippen LogP contribution in [0, 0.1) is 11.8 Å². The van der Waals surface area contributed by atoms with Crippen LogP contribution in [0.1, 0.15) is 33.1 Å². The molecule has 6 heteroatoms. The zero-order valence-electron chi connectivity index (χ0n) is 12.4. The molecule has 2 atom stereocenters. The molecule has 1 heterocycles. The van der Waals surface area contributed by atoms with Gasteiger partial charge in [-0.2, -0.15) is 0 Å². The smallest absolute Gasteiger partial charge is 0.325 e. The predicted molar refractivity (Wildman–Crippen MR) is 75.0 cm³/mol. The van der Waals surface area contributed by atoms with Crippen molar-refractivity contribution in [2.45, 2.75) is 38.6 Å². The van der Waals surface area contributed by atoms with Gasteiger partial charge in [-0.15, -0.1) is 0 Å². The third kappa shape index (κ3) is 2.42. The zero-order chi connectivity index (χ0) is 14.8. The van der Waals surface area contributed by atoms with E-state index in [1.54, 1.807) is 0 Å². The Labute approximate surface area is 120 Å². The largest absolute Gasteiger partial charge is 0.378 e. The van der Waals surface area contributed by atoms with Crippen molar-refractivity contribution in [1.29, 1.82) is 0 Å². The average Bonchev–Trinajstić information content (AvgIpc) is 2.66. The highest BCUT2D eigenvalue weighted by Gasteiger charge is 2.58. The van der Waals surface area contributed by atoms with Crippen molar-refractivity contribution in [3.05, 3.63) is 0 Å². The first-order valence-electron chi connectivity index (χ1n) is 7.46. The highest BCUT2D eigenvalue weighted by atomic mass is 16.5. The lowest BCUT2D eigenvalue weighted by molar-refractivity contribution is -0.137. The normalized spacial score (nSPS) is 33.9. The molecule has 1 saturated carbocycles. The number of ether oxygens (including phenoxy) is 1. The number of rotatable bonds is 5. The van der Waals surface area contributed by atoms with Gasteiger partial charge in [0, 0.05) is 6.54 Å². The molecule has 1 aliphatic heterocycles.